The summed E-state index contributed by atoms with van der Waals surface area (Å²) in [5.41, 5.74) is 0.296. The van der Waals surface area contributed by atoms with Crippen molar-refractivity contribution in [2.24, 2.45) is 0 Å². The number of amides is 1. The Kier molecular flexibility index (Phi) is 5.16. The molecule has 0 heterocycles. The predicted molar refractivity (Wildman–Crippen MR) is 78.8 cm³/mol. The first-order valence-electron chi connectivity index (χ1n) is 7.04. The monoisotopic (exact) mass is 292 g/mol. The van der Waals surface area contributed by atoms with Crippen molar-refractivity contribution >= 4 is 17.6 Å². The first-order chi connectivity index (χ1) is 10.1. The molecular formula is C15H20N2O4. The lowest BCUT2D eigenvalue weighted by Crippen LogP contribution is -2.34. The molecule has 1 aliphatic rings. The zero-order chi connectivity index (χ0) is 15.2. The third-order valence-electron chi connectivity index (χ3n) is 3.64. The molecular weight excluding hydrogens is 272 g/mol. The van der Waals surface area contributed by atoms with Gasteiger partial charge in [-0.3, -0.25) is 4.79 Å². The average Bonchev–Trinajstić information content (AvgIpc) is 2.98. The van der Waals surface area contributed by atoms with Gasteiger partial charge < -0.3 is 20.5 Å². The topological polar surface area (TPSA) is 87.7 Å². The molecule has 6 heteroatoms. The fraction of sp³-hybridized carbons (Fsp3) is 0.467. The van der Waals surface area contributed by atoms with E-state index in [1.807, 2.05) is 0 Å². The van der Waals surface area contributed by atoms with Crippen LogP contribution in [-0.2, 0) is 4.79 Å². The highest BCUT2D eigenvalue weighted by molar-refractivity contribution is 6.01. The molecule has 0 aliphatic heterocycles. The van der Waals surface area contributed by atoms with Crippen LogP contribution >= 0.6 is 0 Å². The van der Waals surface area contributed by atoms with Gasteiger partial charge in [-0.05, 0) is 31.0 Å². The number of carbonyl (C=O) groups excluding carboxylic acids is 1. The van der Waals surface area contributed by atoms with Crippen molar-refractivity contribution in [3.05, 3.63) is 23.8 Å². The van der Waals surface area contributed by atoms with Crippen LogP contribution in [0.3, 0.4) is 0 Å². The minimum absolute atomic E-state index is 0.0172. The van der Waals surface area contributed by atoms with Gasteiger partial charge in [-0.1, -0.05) is 12.8 Å². The molecule has 6 nitrogen and oxygen atoms in total. The number of anilines is 1. The van der Waals surface area contributed by atoms with E-state index in [9.17, 15) is 14.7 Å². The number of carboxylic acids is 1. The Labute approximate surface area is 123 Å². The Balaban J connectivity index is 1.97. The highest BCUT2D eigenvalue weighted by Gasteiger charge is 2.17. The summed E-state index contributed by atoms with van der Waals surface area (Å²) < 4.78 is 4.99. The highest BCUT2D eigenvalue weighted by atomic mass is 16.5. The van der Waals surface area contributed by atoms with Crippen LogP contribution in [0, 0.1) is 0 Å². The Morgan fingerprint density at radius 2 is 2.05 bits per heavy atom. The zero-order valence-electron chi connectivity index (χ0n) is 12.0. The zero-order valence-corrected chi connectivity index (χ0v) is 12.0. The Bertz CT molecular complexity index is 524. The van der Waals surface area contributed by atoms with Gasteiger partial charge in [-0.15, -0.1) is 0 Å². The number of carbonyl (C=O) groups is 2. The van der Waals surface area contributed by atoms with Gasteiger partial charge >= 0.3 is 5.97 Å². The van der Waals surface area contributed by atoms with E-state index in [-0.39, 0.29) is 23.7 Å². The number of methoxy groups -OCH3 is 1. The van der Waals surface area contributed by atoms with E-state index in [1.54, 1.807) is 6.07 Å². The fourth-order valence-corrected chi connectivity index (χ4v) is 2.50. The second-order valence-corrected chi connectivity index (χ2v) is 5.13. The summed E-state index contributed by atoms with van der Waals surface area (Å²) in [7, 11) is 1.46. The smallest absolute Gasteiger partial charge is 0.337 e. The van der Waals surface area contributed by atoms with Crippen molar-refractivity contribution < 1.29 is 19.4 Å². The second-order valence-electron chi connectivity index (χ2n) is 5.13. The van der Waals surface area contributed by atoms with Crippen molar-refractivity contribution in [2.45, 2.75) is 31.7 Å². The number of hydrogen-bond acceptors (Lipinski definition) is 4. The molecule has 2 rings (SSSR count). The van der Waals surface area contributed by atoms with Gasteiger partial charge in [0.25, 0.3) is 0 Å². The molecule has 1 aliphatic carbocycles. The van der Waals surface area contributed by atoms with E-state index in [2.05, 4.69) is 10.6 Å². The number of hydrogen-bond donors (Lipinski definition) is 3. The van der Waals surface area contributed by atoms with Crippen LogP contribution in [0.15, 0.2) is 18.2 Å². The van der Waals surface area contributed by atoms with Gasteiger partial charge in [0, 0.05) is 6.04 Å². The summed E-state index contributed by atoms with van der Waals surface area (Å²) in [5.74, 6) is -0.906. The number of carboxylic acid groups (broad SMARTS) is 1. The lowest BCUT2D eigenvalue weighted by atomic mass is 10.1. The second kappa shape index (κ2) is 7.08. The van der Waals surface area contributed by atoms with Crippen LogP contribution in [0.1, 0.15) is 36.0 Å². The Morgan fingerprint density at radius 3 is 2.67 bits per heavy atom. The first-order valence-corrected chi connectivity index (χ1v) is 7.04. The molecule has 0 radical (unpaired) electrons. The summed E-state index contributed by atoms with van der Waals surface area (Å²) in [4.78, 5) is 23.1. The quantitative estimate of drug-likeness (QED) is 0.745. The average molecular weight is 292 g/mol. The van der Waals surface area contributed by atoms with E-state index in [1.165, 1.54) is 32.1 Å². The van der Waals surface area contributed by atoms with Crippen LogP contribution in [0.2, 0.25) is 0 Å². The number of aromatic carboxylic acids is 1. The third-order valence-corrected chi connectivity index (χ3v) is 3.64. The summed E-state index contributed by atoms with van der Waals surface area (Å²) in [6, 6.07) is 4.94. The van der Waals surface area contributed by atoms with Crippen LogP contribution in [0.4, 0.5) is 5.69 Å². The molecule has 1 aromatic rings. The largest absolute Gasteiger partial charge is 0.497 e. The SMILES string of the molecule is COc1ccc(NC(=O)CNC2CCCC2)c(C(=O)O)c1. The van der Waals surface area contributed by atoms with E-state index in [0.29, 0.717) is 11.8 Å². The lowest BCUT2D eigenvalue weighted by molar-refractivity contribution is -0.115. The van der Waals surface area contributed by atoms with Crippen LogP contribution in [-0.4, -0.2) is 36.7 Å². The van der Waals surface area contributed by atoms with E-state index in [4.69, 9.17) is 4.74 Å². The highest BCUT2D eigenvalue weighted by Crippen LogP contribution is 2.22. The summed E-state index contributed by atoms with van der Waals surface area (Å²) in [6.07, 6.45) is 4.58. The summed E-state index contributed by atoms with van der Waals surface area (Å²) in [6.45, 7) is 0.190. The maximum atomic E-state index is 11.9. The third kappa shape index (κ3) is 4.19. The minimum atomic E-state index is -1.10. The minimum Gasteiger partial charge on any atom is -0.497 e. The molecule has 0 spiro atoms. The molecule has 3 N–H and O–H groups in total. The van der Waals surface area contributed by atoms with Crippen molar-refractivity contribution in [2.75, 3.05) is 19.0 Å². The standard InChI is InChI=1S/C15H20N2O4/c1-21-11-6-7-13(12(8-11)15(19)20)17-14(18)9-16-10-4-2-3-5-10/h6-8,10,16H,2-5,9H2,1H3,(H,17,18)(H,19,20). The normalized spacial score (nSPS) is 14.9. The molecule has 114 valence electrons. The van der Waals surface area contributed by atoms with Crippen LogP contribution in [0.5, 0.6) is 5.75 Å². The van der Waals surface area contributed by atoms with Gasteiger partial charge in [-0.2, -0.15) is 0 Å². The van der Waals surface area contributed by atoms with Gasteiger partial charge in [0.15, 0.2) is 0 Å². The van der Waals surface area contributed by atoms with E-state index >= 15 is 0 Å². The summed E-state index contributed by atoms with van der Waals surface area (Å²) in [5, 5.41) is 15.0. The number of nitrogens with one attached hydrogen (secondary N) is 2. The van der Waals surface area contributed by atoms with Crippen molar-refractivity contribution in [1.29, 1.82) is 0 Å². The van der Waals surface area contributed by atoms with Crippen molar-refractivity contribution in [1.82, 2.24) is 5.32 Å². The molecule has 0 aromatic heterocycles. The molecule has 0 saturated heterocycles. The van der Waals surface area contributed by atoms with Crippen molar-refractivity contribution in [3.8, 4) is 5.75 Å². The molecule has 1 aromatic carbocycles. The van der Waals surface area contributed by atoms with Gasteiger partial charge in [-0.25, -0.2) is 4.79 Å². The Hall–Kier alpha value is -2.08. The molecule has 0 unspecified atom stereocenters. The van der Waals surface area contributed by atoms with Crippen molar-refractivity contribution in [3.63, 3.8) is 0 Å². The van der Waals surface area contributed by atoms with Gasteiger partial charge in [0.05, 0.1) is 24.9 Å². The molecule has 21 heavy (non-hydrogen) atoms. The first kappa shape index (κ1) is 15.3. The van der Waals surface area contributed by atoms with Gasteiger partial charge in [0.2, 0.25) is 5.91 Å². The van der Waals surface area contributed by atoms with E-state index in [0.717, 1.165) is 12.8 Å². The summed E-state index contributed by atoms with van der Waals surface area (Å²) >= 11 is 0. The fourth-order valence-electron chi connectivity index (χ4n) is 2.50. The molecule has 0 atom stereocenters. The van der Waals surface area contributed by atoms with Crippen LogP contribution in [0.25, 0.3) is 0 Å². The van der Waals surface area contributed by atoms with E-state index < -0.39 is 5.97 Å². The molecule has 1 saturated carbocycles. The molecule has 1 amide bonds. The predicted octanol–water partition coefficient (Wildman–Crippen LogP) is 1.86. The maximum Gasteiger partial charge on any atom is 0.337 e. The maximum absolute atomic E-state index is 11.9. The number of ether oxygens (including phenoxy) is 1. The van der Waals surface area contributed by atoms with Crippen LogP contribution < -0.4 is 15.4 Å². The number of rotatable bonds is 6. The number of benzene rings is 1. The van der Waals surface area contributed by atoms with Gasteiger partial charge in [0.1, 0.15) is 5.75 Å². The Morgan fingerprint density at radius 1 is 1.33 bits per heavy atom. The lowest BCUT2D eigenvalue weighted by Gasteiger charge is -2.13. The molecule has 1 fully saturated rings. The molecule has 0 bridgehead atoms.